The minimum atomic E-state index is -3.11. The molecule has 2 aromatic carbocycles. The summed E-state index contributed by atoms with van der Waals surface area (Å²) in [7, 11) is -3.11. The predicted octanol–water partition coefficient (Wildman–Crippen LogP) is 3.52. The summed E-state index contributed by atoms with van der Waals surface area (Å²) in [6.45, 7) is 8.02. The smallest absolute Gasteiger partial charge is 0.266 e. The van der Waals surface area contributed by atoms with E-state index in [2.05, 4.69) is 0 Å². The Morgan fingerprint density at radius 1 is 1.24 bits per heavy atom. The van der Waals surface area contributed by atoms with E-state index in [1.54, 1.807) is 28.5 Å². The average Bonchev–Trinajstić information content (AvgIpc) is 3.14. The van der Waals surface area contributed by atoms with Gasteiger partial charge in [0.2, 0.25) is 5.91 Å². The molecule has 1 fully saturated rings. The van der Waals surface area contributed by atoms with E-state index in [0.717, 1.165) is 16.8 Å². The molecule has 9 heteroatoms. The van der Waals surface area contributed by atoms with Crippen molar-refractivity contribution in [3.05, 3.63) is 63.9 Å². The van der Waals surface area contributed by atoms with Crippen molar-refractivity contribution >= 4 is 38.4 Å². The molecule has 0 saturated carbocycles. The largest absolute Gasteiger partial charge is 0.338 e. The van der Waals surface area contributed by atoms with E-state index in [9.17, 15) is 18.0 Å². The number of sulfone groups is 1. The van der Waals surface area contributed by atoms with Gasteiger partial charge in [0.25, 0.3) is 5.56 Å². The molecular formula is C25H29N3O4S2. The lowest BCUT2D eigenvalue weighted by atomic mass is 10.1. The van der Waals surface area contributed by atoms with Gasteiger partial charge in [-0.2, -0.15) is 0 Å². The van der Waals surface area contributed by atoms with Gasteiger partial charge in [-0.05, 0) is 57.9 Å². The van der Waals surface area contributed by atoms with Gasteiger partial charge in [-0.3, -0.25) is 14.2 Å². The van der Waals surface area contributed by atoms with Crippen molar-refractivity contribution in [3.8, 4) is 5.69 Å². The Morgan fingerprint density at radius 3 is 2.62 bits per heavy atom. The van der Waals surface area contributed by atoms with Gasteiger partial charge in [-0.15, -0.1) is 0 Å². The molecule has 1 aliphatic rings. The van der Waals surface area contributed by atoms with Crippen molar-refractivity contribution in [2.24, 2.45) is 0 Å². The van der Waals surface area contributed by atoms with Gasteiger partial charge < -0.3 is 4.90 Å². The molecule has 0 spiro atoms. The molecule has 1 saturated heterocycles. The van der Waals surface area contributed by atoms with Crippen molar-refractivity contribution < 1.29 is 13.2 Å². The summed E-state index contributed by atoms with van der Waals surface area (Å²) in [6, 6.07) is 12.8. The van der Waals surface area contributed by atoms with E-state index in [-0.39, 0.29) is 29.0 Å². The van der Waals surface area contributed by atoms with Gasteiger partial charge in [-0.25, -0.2) is 13.4 Å². The van der Waals surface area contributed by atoms with Crippen LogP contribution in [-0.4, -0.2) is 58.1 Å². The van der Waals surface area contributed by atoms with Crippen LogP contribution >= 0.6 is 11.8 Å². The van der Waals surface area contributed by atoms with Crippen LogP contribution in [0.25, 0.3) is 16.6 Å². The molecule has 2 atom stereocenters. The third-order valence-corrected chi connectivity index (χ3v) is 9.03. The van der Waals surface area contributed by atoms with E-state index in [4.69, 9.17) is 4.98 Å². The maximum Gasteiger partial charge on any atom is 0.266 e. The lowest BCUT2D eigenvalue weighted by Crippen LogP contribution is -2.44. The topological polar surface area (TPSA) is 89.3 Å². The van der Waals surface area contributed by atoms with E-state index in [1.165, 1.54) is 11.8 Å². The summed E-state index contributed by atoms with van der Waals surface area (Å²) >= 11 is 1.23. The van der Waals surface area contributed by atoms with Crippen LogP contribution in [-0.2, 0) is 14.6 Å². The van der Waals surface area contributed by atoms with Crippen molar-refractivity contribution in [3.63, 3.8) is 0 Å². The summed E-state index contributed by atoms with van der Waals surface area (Å²) in [5.41, 5.74) is 3.14. The quantitative estimate of drug-likeness (QED) is 0.381. The molecule has 0 radical (unpaired) electrons. The Kier molecular flexibility index (Phi) is 6.87. The highest BCUT2D eigenvalue weighted by molar-refractivity contribution is 8.00. The maximum absolute atomic E-state index is 13.6. The number of hydrogen-bond donors (Lipinski definition) is 0. The predicted molar refractivity (Wildman–Crippen MR) is 137 cm³/mol. The Labute approximate surface area is 204 Å². The van der Waals surface area contributed by atoms with Gasteiger partial charge in [0.05, 0.1) is 33.3 Å². The fourth-order valence-electron chi connectivity index (χ4n) is 4.52. The van der Waals surface area contributed by atoms with Gasteiger partial charge in [-0.1, -0.05) is 41.6 Å². The summed E-state index contributed by atoms with van der Waals surface area (Å²) < 4.78 is 25.5. The molecule has 0 aliphatic carbocycles. The van der Waals surface area contributed by atoms with Gasteiger partial charge >= 0.3 is 0 Å². The third kappa shape index (κ3) is 4.77. The first-order chi connectivity index (χ1) is 16.1. The van der Waals surface area contributed by atoms with Crippen molar-refractivity contribution in [1.29, 1.82) is 0 Å². The first-order valence-corrected chi connectivity index (χ1v) is 14.1. The molecule has 180 valence electrons. The lowest BCUT2D eigenvalue weighted by Gasteiger charge is -2.29. The minimum Gasteiger partial charge on any atom is -0.338 e. The second kappa shape index (κ2) is 9.54. The minimum absolute atomic E-state index is 0.00542. The normalized spacial score (nSPS) is 18.2. The van der Waals surface area contributed by atoms with Crippen LogP contribution in [0.2, 0.25) is 0 Å². The first kappa shape index (κ1) is 24.5. The summed E-state index contributed by atoms with van der Waals surface area (Å²) in [5.74, 6) is -0.0309. The third-order valence-electron chi connectivity index (χ3n) is 6.24. The van der Waals surface area contributed by atoms with Crippen LogP contribution < -0.4 is 5.56 Å². The number of carbonyl (C=O) groups excluding carboxylic acids is 1. The molecule has 3 aromatic rings. The molecule has 1 aliphatic heterocycles. The Balaban J connectivity index is 1.75. The van der Waals surface area contributed by atoms with Crippen LogP contribution in [0, 0.1) is 13.8 Å². The number of carbonyl (C=O) groups is 1. The van der Waals surface area contributed by atoms with Gasteiger partial charge in [0.1, 0.15) is 0 Å². The number of nitrogens with zero attached hydrogens (tertiary/aromatic N) is 3. The highest BCUT2D eigenvalue weighted by Gasteiger charge is 2.36. The maximum atomic E-state index is 13.6. The molecule has 7 nitrogen and oxygen atoms in total. The lowest BCUT2D eigenvalue weighted by molar-refractivity contribution is -0.131. The summed E-state index contributed by atoms with van der Waals surface area (Å²) in [4.78, 5) is 33.4. The van der Waals surface area contributed by atoms with E-state index in [1.807, 2.05) is 51.1 Å². The number of rotatable bonds is 6. The van der Waals surface area contributed by atoms with Gasteiger partial charge in [0.15, 0.2) is 15.0 Å². The van der Waals surface area contributed by atoms with Crippen LogP contribution in [0.1, 0.15) is 31.4 Å². The number of aromatic nitrogens is 2. The molecule has 2 heterocycles. The van der Waals surface area contributed by atoms with Crippen LogP contribution in [0.5, 0.6) is 0 Å². The number of amides is 1. The molecular weight excluding hydrogens is 470 g/mol. The molecule has 0 bridgehead atoms. The number of fused-ring (bicyclic) bond motifs is 1. The zero-order valence-electron chi connectivity index (χ0n) is 19.8. The Morgan fingerprint density at radius 2 is 1.97 bits per heavy atom. The second-order valence-electron chi connectivity index (χ2n) is 8.78. The number of hydrogen-bond acceptors (Lipinski definition) is 6. The SMILES string of the molecule is CCN(C(=O)C(C)Sc1nc2ccccc2c(=O)n1-c1ccc(C)cc1C)C1CCS(=O)(=O)C1. The fraction of sp³-hybridized carbons (Fsp3) is 0.400. The van der Waals surface area contributed by atoms with Crippen LogP contribution in [0.15, 0.2) is 52.4 Å². The van der Waals surface area contributed by atoms with Crippen LogP contribution in [0.3, 0.4) is 0 Å². The Hall–Kier alpha value is -2.65. The van der Waals surface area contributed by atoms with Crippen molar-refractivity contribution in [1.82, 2.24) is 14.5 Å². The number of aryl methyl sites for hydroxylation is 2. The second-order valence-corrected chi connectivity index (χ2v) is 12.3. The highest BCUT2D eigenvalue weighted by Crippen LogP contribution is 2.29. The van der Waals surface area contributed by atoms with E-state index < -0.39 is 15.1 Å². The summed E-state index contributed by atoms with van der Waals surface area (Å²) in [5, 5.41) is 0.400. The molecule has 34 heavy (non-hydrogen) atoms. The monoisotopic (exact) mass is 499 g/mol. The highest BCUT2D eigenvalue weighted by atomic mass is 32.2. The van der Waals surface area contributed by atoms with Crippen molar-refractivity contribution in [2.75, 3.05) is 18.1 Å². The molecule has 2 unspecified atom stereocenters. The summed E-state index contributed by atoms with van der Waals surface area (Å²) in [6.07, 6.45) is 0.459. The fourth-order valence-corrected chi connectivity index (χ4v) is 7.24. The number of benzene rings is 2. The standard InChI is InChI=1S/C25H29N3O4S2/c1-5-27(19-12-13-34(31,32)15-19)23(29)18(4)33-25-26-21-9-7-6-8-20(21)24(30)28(25)22-11-10-16(2)14-17(22)3/h6-11,14,18-19H,5,12-13,15H2,1-4H3. The molecule has 1 amide bonds. The van der Waals surface area contributed by atoms with Gasteiger partial charge in [0, 0.05) is 12.6 Å². The average molecular weight is 500 g/mol. The van der Waals surface area contributed by atoms with Crippen LogP contribution in [0.4, 0.5) is 0 Å². The van der Waals surface area contributed by atoms with E-state index in [0.29, 0.717) is 29.0 Å². The zero-order valence-corrected chi connectivity index (χ0v) is 21.4. The Bertz CT molecular complexity index is 1420. The first-order valence-electron chi connectivity index (χ1n) is 11.4. The molecule has 4 rings (SSSR count). The number of para-hydroxylation sites is 1. The number of thioether (sulfide) groups is 1. The van der Waals surface area contributed by atoms with E-state index >= 15 is 0 Å². The van der Waals surface area contributed by atoms with Crippen molar-refractivity contribution in [2.45, 2.75) is 50.6 Å². The molecule has 1 aromatic heterocycles. The zero-order chi connectivity index (χ0) is 24.6. The molecule has 0 N–H and O–H groups in total.